The molecular weight excluding hydrogens is 477 g/mol. The Morgan fingerprint density at radius 1 is 1.08 bits per heavy atom. The van der Waals surface area contributed by atoms with Crippen LogP contribution in [0.5, 0.6) is 0 Å². The fraction of sp³-hybridized carbons (Fsp3) is 0.393. The zero-order chi connectivity index (χ0) is 25.9. The molecule has 1 aliphatic heterocycles. The van der Waals surface area contributed by atoms with Crippen molar-refractivity contribution in [2.45, 2.75) is 57.0 Å². The number of nitrogens with zero attached hydrogens (tertiary/aromatic N) is 3. The Labute approximate surface area is 212 Å². The van der Waals surface area contributed by atoms with E-state index in [9.17, 15) is 17.9 Å². The first-order valence-corrected chi connectivity index (χ1v) is 13.7. The number of hydrogen-bond donors (Lipinski definition) is 1. The Bertz CT molecular complexity index is 1420. The fourth-order valence-corrected chi connectivity index (χ4v) is 6.89. The Morgan fingerprint density at radius 3 is 2.36 bits per heavy atom. The summed E-state index contributed by atoms with van der Waals surface area (Å²) in [5.41, 5.74) is 3.85. The van der Waals surface area contributed by atoms with Crippen LogP contribution in [0.2, 0.25) is 0 Å². The monoisotopic (exact) mass is 509 g/mol. The van der Waals surface area contributed by atoms with E-state index < -0.39 is 21.5 Å². The lowest BCUT2D eigenvalue weighted by Gasteiger charge is -2.47. The molecule has 36 heavy (non-hydrogen) atoms. The number of halogens is 1. The second-order valence-electron chi connectivity index (χ2n) is 11.0. The molecular formula is C28H32FN3O3S. The predicted octanol–water partition coefficient (Wildman–Crippen LogP) is 4.71. The molecule has 3 aromatic rings. The van der Waals surface area contributed by atoms with Gasteiger partial charge in [0, 0.05) is 18.5 Å². The molecule has 2 aliphatic rings. The number of sulfonamides is 1. The van der Waals surface area contributed by atoms with Crippen LogP contribution in [0.1, 0.15) is 50.9 Å². The quantitative estimate of drug-likeness (QED) is 0.553. The minimum absolute atomic E-state index is 0.0678. The standard InChI is InChI=1S/C28H32FN3O3S/c1-19(33)28-16-20-17-30-32(24-9-7-23(29)8-10-24)26(20)15-22(28)13-14-31(18-28)36(34,35)25-11-5-21(6-12-25)27(2,3)4/h5-12,15,17,19,33H,13-14,16,18H2,1-4H3/t19?,28-/m1/s1. The van der Waals surface area contributed by atoms with Crippen LogP contribution >= 0.6 is 0 Å². The molecule has 0 radical (unpaired) electrons. The summed E-state index contributed by atoms with van der Waals surface area (Å²) in [6, 6.07) is 13.3. The third kappa shape index (κ3) is 4.11. The summed E-state index contributed by atoms with van der Waals surface area (Å²) in [5.74, 6) is -0.312. The molecule has 1 N–H and O–H groups in total. The lowest BCUT2D eigenvalue weighted by Crippen LogP contribution is -2.53. The van der Waals surface area contributed by atoms with Gasteiger partial charge in [-0.15, -0.1) is 0 Å². The van der Waals surface area contributed by atoms with E-state index in [2.05, 4.69) is 25.9 Å². The number of aliphatic hydroxyl groups is 1. The molecule has 1 saturated heterocycles. The average molecular weight is 510 g/mol. The van der Waals surface area contributed by atoms with Crippen molar-refractivity contribution in [1.29, 1.82) is 0 Å². The number of fused-ring (bicyclic) bond motifs is 2. The van der Waals surface area contributed by atoms with Crippen LogP contribution in [0, 0.1) is 11.2 Å². The number of benzene rings is 2. The van der Waals surface area contributed by atoms with Crippen molar-refractivity contribution in [3.05, 3.63) is 82.9 Å². The Balaban J connectivity index is 1.48. The van der Waals surface area contributed by atoms with Crippen LogP contribution in [-0.4, -0.2) is 46.8 Å². The van der Waals surface area contributed by atoms with Gasteiger partial charge in [-0.3, -0.25) is 0 Å². The smallest absolute Gasteiger partial charge is 0.243 e. The van der Waals surface area contributed by atoms with Gasteiger partial charge in [0.15, 0.2) is 0 Å². The van der Waals surface area contributed by atoms with E-state index in [0.717, 1.165) is 28.1 Å². The van der Waals surface area contributed by atoms with Gasteiger partial charge >= 0.3 is 0 Å². The van der Waals surface area contributed by atoms with Gasteiger partial charge in [0.25, 0.3) is 0 Å². The topological polar surface area (TPSA) is 75.4 Å². The van der Waals surface area contributed by atoms with Crippen molar-refractivity contribution >= 4 is 16.1 Å². The largest absolute Gasteiger partial charge is 0.392 e. The van der Waals surface area contributed by atoms with Crippen LogP contribution in [0.15, 0.2) is 65.2 Å². The summed E-state index contributed by atoms with van der Waals surface area (Å²) < 4.78 is 44.0. The summed E-state index contributed by atoms with van der Waals surface area (Å²) >= 11 is 0. The van der Waals surface area contributed by atoms with Crippen LogP contribution in [-0.2, 0) is 21.9 Å². The van der Waals surface area contributed by atoms with Gasteiger partial charge in [-0.05, 0) is 78.8 Å². The van der Waals surface area contributed by atoms with Crippen LogP contribution < -0.4 is 0 Å². The molecule has 0 bridgehead atoms. The zero-order valence-electron chi connectivity index (χ0n) is 21.1. The van der Waals surface area contributed by atoms with Gasteiger partial charge in [0.2, 0.25) is 10.0 Å². The summed E-state index contributed by atoms with van der Waals surface area (Å²) in [5, 5.41) is 15.5. The highest BCUT2D eigenvalue weighted by Crippen LogP contribution is 2.47. The van der Waals surface area contributed by atoms with Gasteiger partial charge in [0.05, 0.1) is 28.6 Å². The molecule has 1 fully saturated rings. The Hall–Kier alpha value is -2.81. The molecule has 8 heteroatoms. The minimum atomic E-state index is -3.73. The summed E-state index contributed by atoms with van der Waals surface area (Å²) in [4.78, 5) is 0.268. The third-order valence-electron chi connectivity index (χ3n) is 7.66. The number of rotatable bonds is 4. The van der Waals surface area contributed by atoms with Crippen molar-refractivity contribution in [3.8, 4) is 5.69 Å². The van der Waals surface area contributed by atoms with Crippen LogP contribution in [0.4, 0.5) is 4.39 Å². The Kier molecular flexibility index (Phi) is 5.97. The highest BCUT2D eigenvalue weighted by atomic mass is 32.2. The molecule has 6 nitrogen and oxygen atoms in total. The highest BCUT2D eigenvalue weighted by molar-refractivity contribution is 7.89. The van der Waals surface area contributed by atoms with Crippen LogP contribution in [0.3, 0.4) is 0 Å². The first-order valence-electron chi connectivity index (χ1n) is 12.2. The molecule has 0 spiro atoms. The lowest BCUT2D eigenvalue weighted by molar-refractivity contribution is 0.0366. The molecule has 2 atom stereocenters. The summed E-state index contributed by atoms with van der Waals surface area (Å²) in [6.45, 7) is 8.55. The van der Waals surface area contributed by atoms with E-state index in [-0.39, 0.29) is 22.7 Å². The molecule has 1 aliphatic carbocycles. The maximum atomic E-state index is 13.6. The van der Waals surface area contributed by atoms with Crippen molar-refractivity contribution in [1.82, 2.24) is 14.1 Å². The highest BCUT2D eigenvalue weighted by Gasteiger charge is 2.48. The second-order valence-corrected chi connectivity index (χ2v) is 12.9. The SMILES string of the molecule is CC(O)[C@]12Cc3cnn(-c4ccc(F)cc4)c3C=C1CCN(S(=O)(=O)c1ccc(C(C)(C)C)cc1)C2. The van der Waals surface area contributed by atoms with Crippen molar-refractivity contribution in [2.24, 2.45) is 5.41 Å². The first kappa shape index (κ1) is 24.9. The Morgan fingerprint density at radius 2 is 1.75 bits per heavy atom. The van der Waals surface area contributed by atoms with Crippen molar-refractivity contribution in [2.75, 3.05) is 13.1 Å². The summed E-state index contributed by atoms with van der Waals surface area (Å²) in [7, 11) is -3.73. The zero-order valence-corrected chi connectivity index (χ0v) is 21.9. The number of aromatic nitrogens is 2. The molecule has 0 amide bonds. The third-order valence-corrected chi connectivity index (χ3v) is 9.52. The van der Waals surface area contributed by atoms with E-state index in [1.54, 1.807) is 42.1 Å². The van der Waals surface area contributed by atoms with Gasteiger partial charge in [-0.2, -0.15) is 9.40 Å². The average Bonchev–Trinajstić information content (AvgIpc) is 3.24. The first-order chi connectivity index (χ1) is 16.9. The van der Waals surface area contributed by atoms with E-state index in [4.69, 9.17) is 0 Å². The molecule has 2 heterocycles. The van der Waals surface area contributed by atoms with Gasteiger partial charge < -0.3 is 5.11 Å². The lowest BCUT2D eigenvalue weighted by atomic mass is 9.66. The molecule has 1 unspecified atom stereocenters. The maximum absolute atomic E-state index is 13.6. The normalized spacial score (nSPS) is 21.4. The number of hydrogen-bond acceptors (Lipinski definition) is 4. The van der Waals surface area contributed by atoms with E-state index in [1.807, 2.05) is 18.2 Å². The van der Waals surface area contributed by atoms with Gasteiger partial charge in [-0.25, -0.2) is 17.5 Å². The van der Waals surface area contributed by atoms with Gasteiger partial charge in [0.1, 0.15) is 5.82 Å². The second kappa shape index (κ2) is 8.64. The van der Waals surface area contributed by atoms with Crippen molar-refractivity contribution in [3.63, 3.8) is 0 Å². The molecule has 0 saturated carbocycles. The fourth-order valence-electron chi connectivity index (χ4n) is 5.38. The number of aliphatic hydroxyl groups excluding tert-OH is 1. The van der Waals surface area contributed by atoms with Crippen LogP contribution in [0.25, 0.3) is 11.8 Å². The van der Waals surface area contributed by atoms with E-state index in [0.29, 0.717) is 19.4 Å². The summed E-state index contributed by atoms with van der Waals surface area (Å²) in [6.07, 6.45) is 4.02. The molecule has 190 valence electrons. The van der Waals surface area contributed by atoms with Gasteiger partial charge in [-0.1, -0.05) is 38.5 Å². The molecule has 5 rings (SSSR count). The molecule has 1 aromatic heterocycles. The van der Waals surface area contributed by atoms with E-state index in [1.165, 1.54) is 16.4 Å². The van der Waals surface area contributed by atoms with E-state index >= 15 is 0 Å². The maximum Gasteiger partial charge on any atom is 0.243 e. The minimum Gasteiger partial charge on any atom is -0.392 e. The predicted molar refractivity (Wildman–Crippen MR) is 138 cm³/mol. The molecule has 2 aromatic carbocycles. The number of piperidine rings is 1. The van der Waals surface area contributed by atoms with Crippen molar-refractivity contribution < 1.29 is 17.9 Å².